The smallest absolute Gasteiger partial charge is 0.338 e. The Labute approximate surface area is 140 Å². The Bertz CT molecular complexity index is 598. The molecular weight excluding hydrogens is 342 g/mol. The number of nitrogens with zero attached hydrogens (tertiary/aromatic N) is 1. The zero-order valence-electron chi connectivity index (χ0n) is 12.8. The topological polar surface area (TPSA) is 29.5 Å². The summed E-state index contributed by atoms with van der Waals surface area (Å²) in [7, 11) is 2.02. The summed E-state index contributed by atoms with van der Waals surface area (Å²) in [6, 6.07) is 17.4. The van der Waals surface area contributed by atoms with Gasteiger partial charge in [0.2, 0.25) is 0 Å². The highest BCUT2D eigenvalue weighted by molar-refractivity contribution is 9.10. The van der Waals surface area contributed by atoms with Gasteiger partial charge in [-0.2, -0.15) is 0 Å². The third-order valence-corrected chi connectivity index (χ3v) is 3.78. The van der Waals surface area contributed by atoms with Crippen molar-refractivity contribution < 1.29 is 9.53 Å². The molecule has 0 unspecified atom stereocenters. The fourth-order valence-electron chi connectivity index (χ4n) is 2.27. The van der Waals surface area contributed by atoms with Gasteiger partial charge in [-0.15, -0.1) is 0 Å². The Kier molecular flexibility index (Phi) is 6.16. The van der Waals surface area contributed by atoms with Crippen molar-refractivity contribution in [1.29, 1.82) is 0 Å². The highest BCUT2D eigenvalue weighted by atomic mass is 79.9. The van der Waals surface area contributed by atoms with Gasteiger partial charge >= 0.3 is 5.97 Å². The van der Waals surface area contributed by atoms with Crippen LogP contribution in [0.3, 0.4) is 0 Å². The molecule has 0 aliphatic carbocycles. The van der Waals surface area contributed by atoms with E-state index in [4.69, 9.17) is 4.74 Å². The lowest BCUT2D eigenvalue weighted by Crippen LogP contribution is -2.30. The van der Waals surface area contributed by atoms with Crippen LogP contribution in [0.2, 0.25) is 0 Å². The van der Waals surface area contributed by atoms with E-state index >= 15 is 0 Å². The van der Waals surface area contributed by atoms with Gasteiger partial charge in [-0.25, -0.2) is 4.79 Å². The lowest BCUT2D eigenvalue weighted by molar-refractivity contribution is 0.0268. The molecule has 2 aromatic rings. The lowest BCUT2D eigenvalue weighted by atomic mass is 10.2. The molecular formula is C18H20BrNO2. The molecule has 0 N–H and O–H groups in total. The fourth-order valence-corrected chi connectivity index (χ4v) is 2.54. The van der Waals surface area contributed by atoms with Crippen LogP contribution in [-0.2, 0) is 11.3 Å². The van der Waals surface area contributed by atoms with Crippen LogP contribution in [0.25, 0.3) is 0 Å². The average Bonchev–Trinajstić information content (AvgIpc) is 2.48. The first-order valence-corrected chi connectivity index (χ1v) is 8.03. The minimum absolute atomic E-state index is 0.162. The molecule has 2 aromatic carbocycles. The summed E-state index contributed by atoms with van der Waals surface area (Å²) < 4.78 is 6.43. The molecule has 1 atom stereocenters. The number of ether oxygens (including phenoxy) is 1. The highest BCUT2D eigenvalue weighted by Gasteiger charge is 2.13. The third kappa shape index (κ3) is 5.28. The number of carbonyl (C=O) groups is 1. The maximum absolute atomic E-state index is 12.1. The summed E-state index contributed by atoms with van der Waals surface area (Å²) in [5.41, 5.74) is 1.82. The first kappa shape index (κ1) is 16.7. The summed E-state index contributed by atoms with van der Waals surface area (Å²) in [5.74, 6) is -0.284. The molecule has 0 spiro atoms. The molecule has 0 radical (unpaired) electrons. The number of hydrogen-bond donors (Lipinski definition) is 0. The Morgan fingerprint density at radius 1 is 1.14 bits per heavy atom. The van der Waals surface area contributed by atoms with Gasteiger partial charge < -0.3 is 4.74 Å². The Morgan fingerprint density at radius 3 is 2.41 bits per heavy atom. The van der Waals surface area contributed by atoms with E-state index < -0.39 is 0 Å². The molecule has 0 fully saturated rings. The van der Waals surface area contributed by atoms with Crippen LogP contribution in [0.5, 0.6) is 0 Å². The summed E-state index contributed by atoms with van der Waals surface area (Å²) in [6.45, 7) is 3.44. The average molecular weight is 362 g/mol. The van der Waals surface area contributed by atoms with E-state index in [-0.39, 0.29) is 12.1 Å². The van der Waals surface area contributed by atoms with Crippen molar-refractivity contribution in [2.75, 3.05) is 13.6 Å². The number of carbonyl (C=O) groups excluding carboxylic acids is 1. The van der Waals surface area contributed by atoms with Crippen LogP contribution in [-0.4, -0.2) is 30.6 Å². The molecule has 0 saturated heterocycles. The van der Waals surface area contributed by atoms with Crippen molar-refractivity contribution in [1.82, 2.24) is 4.90 Å². The van der Waals surface area contributed by atoms with Gasteiger partial charge in [-0.3, -0.25) is 4.90 Å². The quantitative estimate of drug-likeness (QED) is 0.724. The molecule has 0 aromatic heterocycles. The Hall–Kier alpha value is -1.65. The Balaban J connectivity index is 1.83. The van der Waals surface area contributed by atoms with Gasteiger partial charge in [0.05, 0.1) is 5.56 Å². The number of hydrogen-bond acceptors (Lipinski definition) is 3. The van der Waals surface area contributed by atoms with Gasteiger partial charge in [-0.1, -0.05) is 46.3 Å². The monoisotopic (exact) mass is 361 g/mol. The number of likely N-dealkylation sites (N-methyl/N-ethyl adjacent to an activating group) is 1. The Morgan fingerprint density at radius 2 is 1.77 bits per heavy atom. The zero-order valence-corrected chi connectivity index (χ0v) is 14.4. The lowest BCUT2D eigenvalue weighted by Gasteiger charge is -2.21. The maximum Gasteiger partial charge on any atom is 0.338 e. The van der Waals surface area contributed by atoms with E-state index in [1.165, 1.54) is 5.56 Å². The second kappa shape index (κ2) is 8.11. The standard InChI is InChI=1S/C18H20BrNO2/c1-14(12-20(2)13-15-6-4-3-5-7-15)22-18(21)16-8-10-17(19)11-9-16/h3-11,14H,12-13H2,1-2H3/t14-/m1/s1. The molecule has 0 bridgehead atoms. The van der Waals surface area contributed by atoms with E-state index in [0.29, 0.717) is 12.1 Å². The van der Waals surface area contributed by atoms with E-state index in [2.05, 4.69) is 33.0 Å². The summed E-state index contributed by atoms with van der Waals surface area (Å²) in [5, 5.41) is 0. The van der Waals surface area contributed by atoms with E-state index in [1.807, 2.05) is 44.3 Å². The van der Waals surface area contributed by atoms with Crippen LogP contribution in [0, 0.1) is 0 Å². The number of halogens is 1. The second-order valence-corrected chi connectivity index (χ2v) is 6.32. The second-order valence-electron chi connectivity index (χ2n) is 5.41. The minimum Gasteiger partial charge on any atom is -0.458 e. The van der Waals surface area contributed by atoms with E-state index in [0.717, 1.165) is 11.0 Å². The number of rotatable bonds is 6. The van der Waals surface area contributed by atoms with E-state index in [1.54, 1.807) is 12.1 Å². The number of esters is 1. The van der Waals surface area contributed by atoms with E-state index in [9.17, 15) is 4.79 Å². The largest absolute Gasteiger partial charge is 0.458 e. The molecule has 0 aliphatic rings. The van der Waals surface area contributed by atoms with Crippen molar-refractivity contribution >= 4 is 21.9 Å². The maximum atomic E-state index is 12.1. The zero-order chi connectivity index (χ0) is 15.9. The van der Waals surface area contributed by atoms with Crippen molar-refractivity contribution in [2.24, 2.45) is 0 Å². The molecule has 22 heavy (non-hydrogen) atoms. The summed E-state index contributed by atoms with van der Waals surface area (Å²) >= 11 is 3.35. The summed E-state index contributed by atoms with van der Waals surface area (Å²) in [4.78, 5) is 14.2. The molecule has 0 heterocycles. The van der Waals surface area contributed by atoms with Gasteiger partial charge in [0, 0.05) is 17.6 Å². The van der Waals surface area contributed by atoms with Gasteiger partial charge in [0.1, 0.15) is 6.10 Å². The SMILES string of the molecule is C[C@H](CN(C)Cc1ccccc1)OC(=O)c1ccc(Br)cc1. The van der Waals surface area contributed by atoms with Crippen LogP contribution in [0.4, 0.5) is 0 Å². The van der Waals surface area contributed by atoms with Crippen LogP contribution < -0.4 is 0 Å². The van der Waals surface area contributed by atoms with Crippen LogP contribution in [0.15, 0.2) is 59.1 Å². The van der Waals surface area contributed by atoms with Crippen molar-refractivity contribution in [3.63, 3.8) is 0 Å². The first-order valence-electron chi connectivity index (χ1n) is 7.23. The fraction of sp³-hybridized carbons (Fsp3) is 0.278. The molecule has 0 aliphatic heterocycles. The van der Waals surface area contributed by atoms with Gasteiger partial charge in [-0.05, 0) is 43.8 Å². The number of benzene rings is 2. The summed E-state index contributed by atoms with van der Waals surface area (Å²) in [6.07, 6.45) is -0.162. The predicted molar refractivity (Wildman–Crippen MR) is 91.8 cm³/mol. The van der Waals surface area contributed by atoms with Gasteiger partial charge in [0.25, 0.3) is 0 Å². The highest BCUT2D eigenvalue weighted by Crippen LogP contribution is 2.12. The molecule has 0 saturated carbocycles. The molecule has 4 heteroatoms. The van der Waals surface area contributed by atoms with Crippen LogP contribution in [0.1, 0.15) is 22.8 Å². The third-order valence-electron chi connectivity index (χ3n) is 3.25. The first-order chi connectivity index (χ1) is 10.5. The van der Waals surface area contributed by atoms with Crippen molar-refractivity contribution in [3.8, 4) is 0 Å². The predicted octanol–water partition coefficient (Wildman–Crippen LogP) is 4.13. The molecule has 116 valence electrons. The molecule has 2 rings (SSSR count). The van der Waals surface area contributed by atoms with Crippen LogP contribution >= 0.6 is 15.9 Å². The molecule has 0 amide bonds. The van der Waals surface area contributed by atoms with Crippen molar-refractivity contribution in [2.45, 2.75) is 19.6 Å². The minimum atomic E-state index is -0.284. The normalized spacial score (nSPS) is 12.2. The van der Waals surface area contributed by atoms with Crippen molar-refractivity contribution in [3.05, 3.63) is 70.2 Å². The van der Waals surface area contributed by atoms with Gasteiger partial charge in [0.15, 0.2) is 0 Å². The molecule has 3 nitrogen and oxygen atoms in total.